The van der Waals surface area contributed by atoms with Crippen LogP contribution in [0.1, 0.15) is 26.2 Å². The van der Waals surface area contributed by atoms with Crippen molar-refractivity contribution < 1.29 is 4.79 Å². The van der Waals surface area contributed by atoms with E-state index < -0.39 is 0 Å². The Morgan fingerprint density at radius 3 is 2.83 bits per heavy atom. The summed E-state index contributed by atoms with van der Waals surface area (Å²) in [6.45, 7) is 5.00. The zero-order valence-electron chi connectivity index (χ0n) is 7.73. The van der Waals surface area contributed by atoms with Crippen LogP contribution < -0.4 is 10.6 Å². The Morgan fingerprint density at radius 2 is 2.33 bits per heavy atom. The van der Waals surface area contributed by atoms with E-state index in [9.17, 15) is 4.79 Å². The van der Waals surface area contributed by atoms with Gasteiger partial charge in [0.15, 0.2) is 0 Å². The SMILES string of the molecule is CCCCNC(=O)CC1CNC1. The molecule has 0 spiro atoms. The average molecular weight is 170 g/mol. The maximum Gasteiger partial charge on any atom is 0.220 e. The molecule has 3 heteroatoms. The van der Waals surface area contributed by atoms with Crippen LogP contribution in [0.5, 0.6) is 0 Å². The maximum absolute atomic E-state index is 11.2. The van der Waals surface area contributed by atoms with Crippen LogP contribution in [-0.2, 0) is 4.79 Å². The van der Waals surface area contributed by atoms with Crippen molar-refractivity contribution in [3.05, 3.63) is 0 Å². The summed E-state index contributed by atoms with van der Waals surface area (Å²) in [6, 6.07) is 0. The molecule has 1 fully saturated rings. The van der Waals surface area contributed by atoms with Crippen molar-refractivity contribution in [2.45, 2.75) is 26.2 Å². The fourth-order valence-corrected chi connectivity index (χ4v) is 1.23. The minimum absolute atomic E-state index is 0.218. The Kier molecular flexibility index (Phi) is 4.08. The number of carbonyl (C=O) groups is 1. The van der Waals surface area contributed by atoms with Crippen molar-refractivity contribution >= 4 is 5.91 Å². The van der Waals surface area contributed by atoms with Crippen LogP contribution in [0.3, 0.4) is 0 Å². The Morgan fingerprint density at radius 1 is 1.58 bits per heavy atom. The van der Waals surface area contributed by atoms with Gasteiger partial charge in [-0.2, -0.15) is 0 Å². The Hall–Kier alpha value is -0.570. The quantitative estimate of drug-likeness (QED) is 0.590. The summed E-state index contributed by atoms with van der Waals surface area (Å²) in [5, 5.41) is 6.07. The molecule has 2 N–H and O–H groups in total. The lowest BCUT2D eigenvalue weighted by Gasteiger charge is -2.26. The number of amides is 1. The van der Waals surface area contributed by atoms with E-state index in [2.05, 4.69) is 17.6 Å². The van der Waals surface area contributed by atoms with Crippen LogP contribution in [0.15, 0.2) is 0 Å². The maximum atomic E-state index is 11.2. The fourth-order valence-electron chi connectivity index (χ4n) is 1.23. The van der Waals surface area contributed by atoms with Gasteiger partial charge in [-0.05, 0) is 25.4 Å². The van der Waals surface area contributed by atoms with Crippen molar-refractivity contribution in [3.8, 4) is 0 Å². The molecule has 12 heavy (non-hydrogen) atoms. The van der Waals surface area contributed by atoms with E-state index in [0.717, 1.165) is 32.5 Å². The molecule has 70 valence electrons. The molecule has 0 unspecified atom stereocenters. The predicted octanol–water partition coefficient (Wildman–Crippen LogP) is 0.512. The molecule has 1 aliphatic rings. The van der Waals surface area contributed by atoms with E-state index in [1.54, 1.807) is 0 Å². The van der Waals surface area contributed by atoms with Gasteiger partial charge in [-0.3, -0.25) is 4.79 Å². The molecule has 0 bridgehead atoms. The number of hydrogen-bond donors (Lipinski definition) is 2. The highest BCUT2D eigenvalue weighted by atomic mass is 16.1. The molecule has 1 heterocycles. The summed E-state index contributed by atoms with van der Waals surface area (Å²) in [7, 11) is 0. The van der Waals surface area contributed by atoms with Gasteiger partial charge in [0, 0.05) is 13.0 Å². The molecule has 1 aliphatic heterocycles. The molecule has 1 saturated heterocycles. The number of carbonyl (C=O) groups excluding carboxylic acids is 1. The van der Waals surface area contributed by atoms with E-state index >= 15 is 0 Å². The molecule has 0 aromatic heterocycles. The highest BCUT2D eigenvalue weighted by molar-refractivity contribution is 5.76. The molecular weight excluding hydrogens is 152 g/mol. The van der Waals surface area contributed by atoms with E-state index in [-0.39, 0.29) is 5.91 Å². The van der Waals surface area contributed by atoms with Crippen molar-refractivity contribution in [2.24, 2.45) is 5.92 Å². The second kappa shape index (κ2) is 5.14. The van der Waals surface area contributed by atoms with Crippen LogP contribution in [0.25, 0.3) is 0 Å². The third-order valence-corrected chi connectivity index (χ3v) is 2.19. The minimum Gasteiger partial charge on any atom is -0.356 e. The van der Waals surface area contributed by atoms with Gasteiger partial charge in [-0.1, -0.05) is 13.3 Å². The summed E-state index contributed by atoms with van der Waals surface area (Å²) >= 11 is 0. The zero-order valence-corrected chi connectivity index (χ0v) is 7.73. The second-order valence-corrected chi connectivity index (χ2v) is 3.43. The molecule has 0 radical (unpaired) electrons. The van der Waals surface area contributed by atoms with E-state index in [0.29, 0.717) is 12.3 Å². The summed E-state index contributed by atoms with van der Waals surface area (Å²) < 4.78 is 0. The van der Waals surface area contributed by atoms with Crippen LogP contribution in [-0.4, -0.2) is 25.5 Å². The summed E-state index contributed by atoms with van der Waals surface area (Å²) in [5.74, 6) is 0.807. The summed E-state index contributed by atoms with van der Waals surface area (Å²) in [4.78, 5) is 11.2. The highest BCUT2D eigenvalue weighted by Gasteiger charge is 2.19. The van der Waals surface area contributed by atoms with Crippen molar-refractivity contribution in [2.75, 3.05) is 19.6 Å². The van der Waals surface area contributed by atoms with E-state index in [1.165, 1.54) is 0 Å². The topological polar surface area (TPSA) is 41.1 Å². The first-order valence-electron chi connectivity index (χ1n) is 4.80. The molecular formula is C9H18N2O. The zero-order chi connectivity index (χ0) is 8.81. The van der Waals surface area contributed by atoms with Crippen LogP contribution in [0, 0.1) is 5.92 Å². The lowest BCUT2D eigenvalue weighted by Crippen LogP contribution is -2.44. The van der Waals surface area contributed by atoms with Gasteiger partial charge < -0.3 is 10.6 Å². The molecule has 1 amide bonds. The second-order valence-electron chi connectivity index (χ2n) is 3.43. The van der Waals surface area contributed by atoms with Gasteiger partial charge in [0.25, 0.3) is 0 Å². The lowest BCUT2D eigenvalue weighted by molar-refractivity contribution is -0.122. The number of rotatable bonds is 5. The van der Waals surface area contributed by atoms with Crippen LogP contribution in [0.4, 0.5) is 0 Å². The molecule has 3 nitrogen and oxygen atoms in total. The van der Waals surface area contributed by atoms with Gasteiger partial charge in [-0.15, -0.1) is 0 Å². The Labute approximate surface area is 73.9 Å². The standard InChI is InChI=1S/C9H18N2O/c1-2-3-4-11-9(12)5-8-6-10-7-8/h8,10H,2-7H2,1H3,(H,11,12). The number of unbranched alkanes of at least 4 members (excludes halogenated alkanes) is 1. The Bertz CT molecular complexity index is 143. The van der Waals surface area contributed by atoms with Crippen molar-refractivity contribution in [3.63, 3.8) is 0 Å². The van der Waals surface area contributed by atoms with Crippen molar-refractivity contribution in [1.29, 1.82) is 0 Å². The third kappa shape index (κ3) is 3.22. The number of nitrogens with one attached hydrogen (secondary N) is 2. The molecule has 0 aliphatic carbocycles. The van der Waals surface area contributed by atoms with Gasteiger partial charge in [-0.25, -0.2) is 0 Å². The number of hydrogen-bond acceptors (Lipinski definition) is 2. The predicted molar refractivity (Wildman–Crippen MR) is 48.9 cm³/mol. The molecule has 0 saturated carbocycles. The van der Waals surface area contributed by atoms with E-state index in [1.807, 2.05) is 0 Å². The minimum atomic E-state index is 0.218. The lowest BCUT2D eigenvalue weighted by atomic mass is 9.99. The monoisotopic (exact) mass is 170 g/mol. The van der Waals surface area contributed by atoms with Gasteiger partial charge in [0.05, 0.1) is 0 Å². The summed E-state index contributed by atoms with van der Waals surface area (Å²) in [6.07, 6.45) is 2.94. The highest BCUT2D eigenvalue weighted by Crippen LogP contribution is 2.07. The van der Waals surface area contributed by atoms with E-state index in [4.69, 9.17) is 0 Å². The van der Waals surface area contributed by atoms with Gasteiger partial charge >= 0.3 is 0 Å². The van der Waals surface area contributed by atoms with Gasteiger partial charge in [0.2, 0.25) is 5.91 Å². The average Bonchev–Trinajstić information content (AvgIpc) is 1.98. The first-order valence-corrected chi connectivity index (χ1v) is 4.80. The Balaban J connectivity index is 1.95. The largest absolute Gasteiger partial charge is 0.356 e. The van der Waals surface area contributed by atoms with Crippen LogP contribution >= 0.6 is 0 Å². The molecule has 0 aromatic carbocycles. The normalized spacial score (nSPS) is 17.1. The van der Waals surface area contributed by atoms with Crippen molar-refractivity contribution in [1.82, 2.24) is 10.6 Å². The van der Waals surface area contributed by atoms with Gasteiger partial charge in [0.1, 0.15) is 0 Å². The molecule has 0 aromatic rings. The first-order chi connectivity index (χ1) is 5.83. The smallest absolute Gasteiger partial charge is 0.220 e. The van der Waals surface area contributed by atoms with Crippen LogP contribution in [0.2, 0.25) is 0 Å². The molecule has 0 atom stereocenters. The summed E-state index contributed by atoms with van der Waals surface area (Å²) in [5.41, 5.74) is 0. The fraction of sp³-hybridized carbons (Fsp3) is 0.889. The first kappa shape index (κ1) is 9.52. The third-order valence-electron chi connectivity index (χ3n) is 2.19. The molecule has 1 rings (SSSR count).